The maximum absolute atomic E-state index is 14.6. The zero-order chi connectivity index (χ0) is 51.4. The van der Waals surface area contributed by atoms with E-state index < -0.39 is 5.82 Å². The number of anilines is 2. The minimum atomic E-state index is -0.429. The smallest absolute Gasteiger partial charge is 0.244 e. The van der Waals surface area contributed by atoms with Crippen LogP contribution in [-0.4, -0.2) is 123 Å². The Balaban J connectivity index is 0.000000193. The molecule has 23 heteroatoms. The number of alkyl halides is 1. The lowest BCUT2D eigenvalue weighted by Gasteiger charge is -2.36. The minimum Gasteiger partial charge on any atom is -0.492 e. The van der Waals surface area contributed by atoms with Gasteiger partial charge in [0.15, 0.2) is 0 Å². The Morgan fingerprint density at radius 2 is 1.15 bits per heavy atom. The fraction of sp³-hybridized carbons (Fsp3) is 0.333. The third-order valence-electron chi connectivity index (χ3n) is 11.2. The number of rotatable bonds is 11. The molecule has 0 aliphatic carbocycles. The van der Waals surface area contributed by atoms with Crippen molar-refractivity contribution in [1.29, 1.82) is 10.5 Å². The van der Waals surface area contributed by atoms with Crippen molar-refractivity contribution in [2.45, 2.75) is 34.2 Å². The highest BCUT2D eigenvalue weighted by molar-refractivity contribution is 6.34. The van der Waals surface area contributed by atoms with Gasteiger partial charge in [0.1, 0.15) is 70.5 Å². The molecule has 4 aromatic heterocycles. The molecule has 2 saturated heterocycles. The minimum absolute atomic E-state index is 0.00723. The number of amides is 2. The van der Waals surface area contributed by atoms with E-state index in [-0.39, 0.29) is 45.8 Å². The van der Waals surface area contributed by atoms with E-state index in [0.29, 0.717) is 133 Å². The molecule has 16 nitrogen and oxygen atoms in total. The van der Waals surface area contributed by atoms with Gasteiger partial charge in [-0.1, -0.05) is 58.5 Å². The van der Waals surface area contributed by atoms with Crippen LogP contribution in [0.4, 0.5) is 20.2 Å². The number of piperazine rings is 2. The van der Waals surface area contributed by atoms with E-state index in [9.17, 15) is 18.4 Å². The summed E-state index contributed by atoms with van der Waals surface area (Å²) < 4.78 is 41.1. The quantitative estimate of drug-likeness (QED) is 0.121. The highest BCUT2D eigenvalue weighted by atomic mass is 35.5. The standard InChI is InChI=1S/C24H23Cl2FN6O2.C14H17Cl2FN2O2.C10H7ClN4/c1-3-35-21-12-20(18(27)11-17(21)25)31-7-9-32(10-8-31)22(34)14-33-15(2)23(26)24(30-33)19-6-4-5-16(13-28)29-19;1-2-21-13-8-12(11(17)7-10(13)16)18-3-5-19(6-4-18)14(20)9-15;1-6-9(11)10(15-14-6)8-4-2-3-7(5-12)13-8/h4-6,11-12H,3,7-10,14H2,1-2H3;7-8H,2-6,9H2,1H3;2-4H,1H3,(H,14,15). The molecule has 0 atom stereocenters. The number of nitrogens with zero attached hydrogens (tertiary/aromatic N) is 11. The third-order valence-corrected chi connectivity index (χ3v) is 12.9. The maximum atomic E-state index is 14.6. The van der Waals surface area contributed by atoms with E-state index in [1.165, 1.54) is 12.1 Å². The number of hydrogen-bond donors (Lipinski definition) is 1. The van der Waals surface area contributed by atoms with Crippen LogP contribution in [0.3, 0.4) is 0 Å². The largest absolute Gasteiger partial charge is 0.492 e. The second-order valence-corrected chi connectivity index (χ2v) is 17.5. The predicted molar refractivity (Wildman–Crippen MR) is 270 cm³/mol. The van der Waals surface area contributed by atoms with Crippen LogP contribution < -0.4 is 19.3 Å². The highest BCUT2D eigenvalue weighted by Crippen LogP contribution is 2.35. The SMILES string of the molecule is CCOc1cc(N2CCN(C(=O)CCl)CC2)c(F)cc1Cl.CCOc1cc(N2CCN(C(=O)Cn3nc(-c4cccc(C#N)n4)c(Cl)c3C)CC2)c(F)cc1Cl.Cc1[nH]nc(-c2cccc(C#N)n2)c1Cl. The van der Waals surface area contributed by atoms with Gasteiger partial charge in [0, 0.05) is 64.5 Å². The van der Waals surface area contributed by atoms with Gasteiger partial charge in [0.25, 0.3) is 0 Å². The molecule has 71 heavy (non-hydrogen) atoms. The summed E-state index contributed by atoms with van der Waals surface area (Å²) in [5.41, 5.74) is 4.93. The van der Waals surface area contributed by atoms with Crippen LogP contribution in [0.25, 0.3) is 22.8 Å². The summed E-state index contributed by atoms with van der Waals surface area (Å²) in [6.45, 7) is 12.1. The monoisotopic (exact) mass is 1070 g/mol. The number of aromatic nitrogens is 6. The molecule has 2 aromatic carbocycles. The molecule has 6 aromatic rings. The molecule has 6 heterocycles. The average Bonchev–Trinajstić information content (AvgIpc) is 3.87. The second kappa shape index (κ2) is 25.1. The van der Waals surface area contributed by atoms with E-state index in [2.05, 4.69) is 25.3 Å². The summed E-state index contributed by atoms with van der Waals surface area (Å²) in [6.07, 6.45) is 0. The summed E-state index contributed by atoms with van der Waals surface area (Å²) in [6, 6.07) is 19.9. The highest BCUT2D eigenvalue weighted by Gasteiger charge is 2.27. The van der Waals surface area contributed by atoms with Gasteiger partial charge < -0.3 is 29.1 Å². The van der Waals surface area contributed by atoms with Crippen molar-refractivity contribution in [2.24, 2.45) is 0 Å². The van der Waals surface area contributed by atoms with Crippen LogP contribution in [0.15, 0.2) is 60.7 Å². The number of pyridine rings is 2. The van der Waals surface area contributed by atoms with Crippen molar-refractivity contribution in [1.82, 2.24) is 39.7 Å². The van der Waals surface area contributed by atoms with Gasteiger partial charge in [-0.25, -0.2) is 18.7 Å². The van der Waals surface area contributed by atoms with Gasteiger partial charge in [0.05, 0.1) is 67.5 Å². The van der Waals surface area contributed by atoms with Gasteiger partial charge in [-0.05, 0) is 64.1 Å². The molecular weight excluding hydrogens is 1020 g/mol. The van der Waals surface area contributed by atoms with E-state index in [1.54, 1.807) is 69.9 Å². The van der Waals surface area contributed by atoms with Crippen LogP contribution in [0.2, 0.25) is 20.1 Å². The molecule has 2 fully saturated rings. The molecule has 0 bridgehead atoms. The van der Waals surface area contributed by atoms with Crippen LogP contribution in [0, 0.1) is 48.1 Å². The Hall–Kier alpha value is -6.41. The fourth-order valence-corrected chi connectivity index (χ4v) is 8.44. The Kier molecular flexibility index (Phi) is 19.1. The Bertz CT molecular complexity index is 2950. The number of halogens is 7. The van der Waals surface area contributed by atoms with Gasteiger partial charge in [-0.15, -0.1) is 11.6 Å². The molecule has 0 radical (unpaired) electrons. The number of carbonyl (C=O) groups is 2. The number of benzene rings is 2. The van der Waals surface area contributed by atoms with Crippen molar-refractivity contribution in [3.63, 3.8) is 0 Å². The Morgan fingerprint density at radius 3 is 1.58 bits per heavy atom. The molecule has 0 saturated carbocycles. The molecule has 0 unspecified atom stereocenters. The number of aryl methyl sites for hydroxylation is 1. The van der Waals surface area contributed by atoms with Crippen molar-refractivity contribution in [3.05, 3.63) is 115 Å². The zero-order valence-corrected chi connectivity index (χ0v) is 42.7. The summed E-state index contributed by atoms with van der Waals surface area (Å²) >= 11 is 30.1. The van der Waals surface area contributed by atoms with Gasteiger partial charge in [-0.2, -0.15) is 20.7 Å². The van der Waals surface area contributed by atoms with Crippen LogP contribution >= 0.6 is 58.0 Å². The number of H-pyrrole nitrogens is 1. The second-order valence-electron chi connectivity index (χ2n) is 15.7. The van der Waals surface area contributed by atoms with Crippen LogP contribution in [0.5, 0.6) is 11.5 Å². The van der Waals surface area contributed by atoms with Gasteiger partial charge >= 0.3 is 0 Å². The van der Waals surface area contributed by atoms with Crippen molar-refractivity contribution < 1.29 is 27.8 Å². The molecule has 8 rings (SSSR count). The first kappa shape index (κ1) is 53.9. The van der Waals surface area contributed by atoms with Crippen molar-refractivity contribution in [2.75, 3.05) is 81.3 Å². The maximum Gasteiger partial charge on any atom is 0.244 e. The first-order chi connectivity index (χ1) is 34.1. The summed E-state index contributed by atoms with van der Waals surface area (Å²) in [7, 11) is 0. The molecular formula is C48H47Cl5F2N12O4. The number of carbonyl (C=O) groups excluding carboxylic acids is 2. The summed E-state index contributed by atoms with van der Waals surface area (Å²) in [5, 5.41) is 30.5. The number of nitrogens with one attached hydrogen (secondary N) is 1. The van der Waals surface area contributed by atoms with E-state index in [1.807, 2.05) is 42.7 Å². The molecule has 2 aliphatic rings. The van der Waals surface area contributed by atoms with Gasteiger partial charge in [-0.3, -0.25) is 19.4 Å². The van der Waals surface area contributed by atoms with E-state index in [0.717, 1.165) is 5.69 Å². The van der Waals surface area contributed by atoms with Gasteiger partial charge in [0.2, 0.25) is 11.8 Å². The first-order valence-electron chi connectivity index (χ1n) is 22.1. The van der Waals surface area contributed by atoms with Crippen LogP contribution in [0.1, 0.15) is 36.6 Å². The lowest BCUT2D eigenvalue weighted by molar-refractivity contribution is -0.132. The number of ether oxygens (including phenoxy) is 2. The summed E-state index contributed by atoms with van der Waals surface area (Å²) in [5.74, 6) is -0.159. The van der Waals surface area contributed by atoms with E-state index in [4.69, 9.17) is 78.0 Å². The molecule has 372 valence electrons. The number of aromatic amines is 1. The molecule has 1 N–H and O–H groups in total. The van der Waals surface area contributed by atoms with E-state index >= 15 is 0 Å². The summed E-state index contributed by atoms with van der Waals surface area (Å²) in [4.78, 5) is 40.0. The zero-order valence-electron chi connectivity index (χ0n) is 39.0. The van der Waals surface area contributed by atoms with Crippen molar-refractivity contribution in [3.8, 4) is 46.4 Å². The molecule has 2 aliphatic heterocycles. The van der Waals surface area contributed by atoms with Crippen LogP contribution in [-0.2, 0) is 16.1 Å². The topological polar surface area (TPSA) is 185 Å². The predicted octanol–water partition coefficient (Wildman–Crippen LogP) is 9.39. The molecule has 2 amide bonds. The Morgan fingerprint density at radius 1 is 0.690 bits per heavy atom. The lowest BCUT2D eigenvalue weighted by Crippen LogP contribution is -2.50. The lowest BCUT2D eigenvalue weighted by atomic mass is 10.2. The fourth-order valence-electron chi connectivity index (χ4n) is 7.44. The normalized spacial score (nSPS) is 13.3. The third kappa shape index (κ3) is 13.3. The number of hydrogen-bond acceptors (Lipinski definition) is 12. The average molecular weight is 1070 g/mol. The van der Waals surface area contributed by atoms with Crippen molar-refractivity contribution >= 4 is 81.2 Å². The Labute approximate surface area is 434 Å². The number of nitriles is 2. The molecule has 0 spiro atoms. The first-order valence-corrected chi connectivity index (χ1v) is 24.2.